The Hall–Kier alpha value is -2.64. The van der Waals surface area contributed by atoms with Crippen molar-refractivity contribution >= 4 is 23.1 Å². The Bertz CT molecular complexity index is 752. The molecule has 0 saturated heterocycles. The fraction of sp³-hybridized carbons (Fsp3) is 0.118. The molecule has 0 aliphatic heterocycles. The fourth-order valence-corrected chi connectivity index (χ4v) is 2.99. The molecule has 0 radical (unpaired) electrons. The van der Waals surface area contributed by atoms with Crippen molar-refractivity contribution in [3.05, 3.63) is 76.6 Å². The lowest BCUT2D eigenvalue weighted by atomic mass is 9.93. The first-order chi connectivity index (χ1) is 11.6. The summed E-state index contributed by atoms with van der Waals surface area (Å²) in [7, 11) is 0. The number of anilines is 1. The van der Waals surface area contributed by atoms with E-state index < -0.39 is 11.6 Å². The predicted molar refractivity (Wildman–Crippen MR) is 89.4 cm³/mol. The van der Waals surface area contributed by atoms with Gasteiger partial charge in [0.2, 0.25) is 0 Å². The van der Waals surface area contributed by atoms with Crippen LogP contribution in [0.4, 0.5) is 14.9 Å². The lowest BCUT2D eigenvalue weighted by Crippen LogP contribution is -2.42. The molecule has 0 fully saturated rings. The molecule has 0 saturated carbocycles. The van der Waals surface area contributed by atoms with Gasteiger partial charge in [-0.05, 0) is 53.2 Å². The molecule has 0 aliphatic rings. The zero-order valence-electron chi connectivity index (χ0n) is 12.5. The van der Waals surface area contributed by atoms with E-state index in [2.05, 4.69) is 10.6 Å². The van der Waals surface area contributed by atoms with Crippen molar-refractivity contribution in [1.29, 1.82) is 0 Å². The Morgan fingerprint density at radius 1 is 1.25 bits per heavy atom. The Labute approximate surface area is 141 Å². The molecule has 0 aliphatic carbocycles. The predicted octanol–water partition coefficient (Wildman–Crippen LogP) is 3.54. The maximum Gasteiger partial charge on any atom is 0.319 e. The molecule has 24 heavy (non-hydrogen) atoms. The van der Waals surface area contributed by atoms with Crippen LogP contribution in [0.15, 0.2) is 63.9 Å². The van der Waals surface area contributed by atoms with Crippen LogP contribution in [0.5, 0.6) is 0 Å². The molecule has 0 bridgehead atoms. The van der Waals surface area contributed by atoms with E-state index in [0.717, 1.165) is 0 Å². The Kier molecular flexibility index (Phi) is 4.64. The molecule has 124 valence electrons. The summed E-state index contributed by atoms with van der Waals surface area (Å²) >= 11 is 1.44. The van der Waals surface area contributed by atoms with Crippen molar-refractivity contribution in [3.63, 3.8) is 0 Å². The topological polar surface area (TPSA) is 74.5 Å². The van der Waals surface area contributed by atoms with E-state index in [0.29, 0.717) is 17.0 Å². The van der Waals surface area contributed by atoms with Gasteiger partial charge in [0, 0.05) is 11.3 Å². The van der Waals surface area contributed by atoms with Crippen LogP contribution in [0.3, 0.4) is 0 Å². The molecule has 2 heterocycles. The number of amides is 2. The van der Waals surface area contributed by atoms with Crippen molar-refractivity contribution in [2.75, 3.05) is 11.9 Å². The van der Waals surface area contributed by atoms with E-state index in [9.17, 15) is 14.3 Å². The summed E-state index contributed by atoms with van der Waals surface area (Å²) in [5.74, 6) is -0.0476. The van der Waals surface area contributed by atoms with Crippen LogP contribution in [-0.2, 0) is 5.60 Å². The van der Waals surface area contributed by atoms with Gasteiger partial charge in [0.1, 0.15) is 11.6 Å². The summed E-state index contributed by atoms with van der Waals surface area (Å²) in [6.45, 7) is -0.0791. The number of carbonyl (C=O) groups is 1. The van der Waals surface area contributed by atoms with Crippen molar-refractivity contribution in [1.82, 2.24) is 5.32 Å². The highest BCUT2D eigenvalue weighted by atomic mass is 32.1. The molecule has 0 unspecified atom stereocenters. The standard InChI is InChI=1S/C17H15FN2O3S/c18-13-3-5-14(6-4-13)20-16(21)19-11-17(22,12-7-9-24-10-12)15-2-1-8-23-15/h1-10,22H,11H2,(H2,19,20,21)/t17-/m0/s1. The summed E-state index contributed by atoms with van der Waals surface area (Å²) in [6, 6.07) is 9.98. The first kappa shape index (κ1) is 16.2. The third-order valence-corrected chi connectivity index (χ3v) is 4.22. The van der Waals surface area contributed by atoms with E-state index in [1.165, 1.54) is 41.9 Å². The van der Waals surface area contributed by atoms with Crippen molar-refractivity contribution in [2.24, 2.45) is 0 Å². The minimum Gasteiger partial charge on any atom is -0.466 e. The maximum absolute atomic E-state index is 12.9. The molecule has 2 amide bonds. The number of urea groups is 1. The molecule has 1 atom stereocenters. The van der Waals surface area contributed by atoms with Crippen molar-refractivity contribution in [2.45, 2.75) is 5.60 Å². The number of nitrogens with one attached hydrogen (secondary N) is 2. The number of hydrogen-bond donors (Lipinski definition) is 3. The van der Waals surface area contributed by atoms with Gasteiger partial charge in [0.05, 0.1) is 12.8 Å². The molecule has 3 rings (SSSR count). The van der Waals surface area contributed by atoms with Gasteiger partial charge in [0.25, 0.3) is 0 Å². The van der Waals surface area contributed by atoms with Gasteiger partial charge in [-0.25, -0.2) is 9.18 Å². The smallest absolute Gasteiger partial charge is 0.319 e. The molecule has 0 spiro atoms. The maximum atomic E-state index is 12.9. The summed E-state index contributed by atoms with van der Waals surface area (Å²) in [4.78, 5) is 12.0. The number of carbonyl (C=O) groups excluding carboxylic acids is 1. The second kappa shape index (κ2) is 6.86. The number of halogens is 1. The van der Waals surface area contributed by atoms with Crippen molar-refractivity contribution in [3.8, 4) is 0 Å². The van der Waals surface area contributed by atoms with Crippen LogP contribution >= 0.6 is 11.3 Å². The lowest BCUT2D eigenvalue weighted by molar-refractivity contribution is 0.0597. The molecule has 3 N–H and O–H groups in total. The van der Waals surface area contributed by atoms with E-state index in [1.807, 2.05) is 5.38 Å². The molecule has 2 aromatic heterocycles. The minimum absolute atomic E-state index is 0.0791. The average molecular weight is 346 g/mol. The van der Waals surface area contributed by atoms with Crippen LogP contribution < -0.4 is 10.6 Å². The Morgan fingerprint density at radius 2 is 2.04 bits per heavy atom. The first-order valence-electron chi connectivity index (χ1n) is 7.17. The second-order valence-electron chi connectivity index (χ2n) is 5.16. The third kappa shape index (κ3) is 3.47. The number of hydrogen-bond acceptors (Lipinski definition) is 4. The van der Waals surface area contributed by atoms with Gasteiger partial charge < -0.3 is 20.2 Å². The van der Waals surface area contributed by atoms with E-state index in [1.54, 1.807) is 23.6 Å². The molecule has 1 aromatic carbocycles. The van der Waals surface area contributed by atoms with Gasteiger partial charge >= 0.3 is 6.03 Å². The number of benzene rings is 1. The normalized spacial score (nSPS) is 13.2. The highest BCUT2D eigenvalue weighted by Crippen LogP contribution is 2.31. The SMILES string of the molecule is O=C(NC[C@](O)(c1ccsc1)c1ccco1)Nc1ccc(F)cc1. The Balaban J connectivity index is 1.70. The highest BCUT2D eigenvalue weighted by Gasteiger charge is 2.35. The average Bonchev–Trinajstić information content (AvgIpc) is 3.28. The lowest BCUT2D eigenvalue weighted by Gasteiger charge is -2.25. The van der Waals surface area contributed by atoms with Gasteiger partial charge in [-0.3, -0.25) is 0 Å². The van der Waals surface area contributed by atoms with Gasteiger partial charge in [0.15, 0.2) is 5.60 Å². The first-order valence-corrected chi connectivity index (χ1v) is 8.12. The highest BCUT2D eigenvalue weighted by molar-refractivity contribution is 7.08. The zero-order valence-corrected chi connectivity index (χ0v) is 13.3. The van der Waals surface area contributed by atoms with Crippen LogP contribution in [0.25, 0.3) is 0 Å². The minimum atomic E-state index is -1.47. The molecule has 3 aromatic rings. The number of rotatable bonds is 5. The van der Waals surface area contributed by atoms with Gasteiger partial charge in [-0.2, -0.15) is 11.3 Å². The molecular weight excluding hydrogens is 331 g/mol. The Morgan fingerprint density at radius 3 is 2.67 bits per heavy atom. The second-order valence-corrected chi connectivity index (χ2v) is 5.94. The van der Waals surface area contributed by atoms with Crippen LogP contribution in [0, 0.1) is 5.82 Å². The fourth-order valence-electron chi connectivity index (χ4n) is 2.26. The molecular formula is C17H15FN2O3S. The summed E-state index contributed by atoms with van der Waals surface area (Å²) in [5.41, 5.74) is -0.389. The third-order valence-electron chi connectivity index (χ3n) is 3.53. The van der Waals surface area contributed by atoms with Crippen molar-refractivity contribution < 1.29 is 18.7 Å². The largest absolute Gasteiger partial charge is 0.466 e. The molecule has 7 heteroatoms. The van der Waals surface area contributed by atoms with Crippen LogP contribution in [0.1, 0.15) is 11.3 Å². The number of aliphatic hydroxyl groups is 1. The number of thiophene rings is 1. The molecule has 5 nitrogen and oxygen atoms in total. The summed E-state index contributed by atoms with van der Waals surface area (Å²) < 4.78 is 18.2. The van der Waals surface area contributed by atoms with E-state index >= 15 is 0 Å². The monoisotopic (exact) mass is 346 g/mol. The van der Waals surface area contributed by atoms with E-state index in [-0.39, 0.29) is 12.4 Å². The van der Waals surface area contributed by atoms with Crippen LogP contribution in [-0.4, -0.2) is 17.7 Å². The number of furan rings is 1. The zero-order chi connectivity index (χ0) is 17.0. The summed E-state index contributed by atoms with van der Waals surface area (Å²) in [5, 5.41) is 19.8. The van der Waals surface area contributed by atoms with Gasteiger partial charge in [-0.1, -0.05) is 0 Å². The van der Waals surface area contributed by atoms with Gasteiger partial charge in [-0.15, -0.1) is 0 Å². The van der Waals surface area contributed by atoms with Crippen LogP contribution in [0.2, 0.25) is 0 Å². The quantitative estimate of drug-likeness (QED) is 0.661. The summed E-state index contributed by atoms with van der Waals surface area (Å²) in [6.07, 6.45) is 1.46. The van der Waals surface area contributed by atoms with E-state index in [4.69, 9.17) is 4.42 Å².